The SMILES string of the molecule is CC(C)C(=O)OCC1(CO)CCC(=O)O1.CC(C)C(=O)OCC1(COCc2ccccc2)CCC(=O)O1.ClB(Cl)Cl. The van der Waals surface area contributed by atoms with E-state index in [1.54, 1.807) is 27.7 Å². The maximum atomic E-state index is 11.6. The highest BCUT2D eigenvalue weighted by Gasteiger charge is 2.43. The number of benzene rings is 1. The minimum absolute atomic E-state index is 0.0462. The largest absolute Gasteiger partial charge is 0.461 e. The van der Waals surface area contributed by atoms with Gasteiger partial charge >= 0.3 is 28.8 Å². The Balaban J connectivity index is 0.000000383. The summed E-state index contributed by atoms with van der Waals surface area (Å²) in [5, 5.41) is 9.12. The van der Waals surface area contributed by atoms with Crippen LogP contribution >= 0.6 is 34.4 Å². The predicted octanol–water partition coefficient (Wildman–Crippen LogP) is 4.42. The number of hydrogen-bond acceptors (Lipinski definition) is 10. The van der Waals surface area contributed by atoms with Crippen molar-refractivity contribution in [1.29, 1.82) is 0 Å². The van der Waals surface area contributed by atoms with Gasteiger partial charge in [-0.25, -0.2) is 0 Å². The van der Waals surface area contributed by atoms with Gasteiger partial charge < -0.3 is 28.8 Å². The van der Waals surface area contributed by atoms with Crippen LogP contribution in [-0.2, 0) is 49.5 Å². The van der Waals surface area contributed by atoms with Crippen LogP contribution in [0, 0.1) is 11.8 Å². The molecule has 0 spiro atoms. The van der Waals surface area contributed by atoms with Gasteiger partial charge in [0.25, 0.3) is 0 Å². The van der Waals surface area contributed by atoms with E-state index in [1.165, 1.54) is 0 Å². The number of hydrogen-bond donors (Lipinski definition) is 1. The van der Waals surface area contributed by atoms with Crippen molar-refractivity contribution >= 4 is 63.2 Å². The molecule has 0 radical (unpaired) electrons. The van der Waals surface area contributed by atoms with Crippen LogP contribution in [0.2, 0.25) is 0 Å². The lowest BCUT2D eigenvalue weighted by Gasteiger charge is -2.27. The summed E-state index contributed by atoms with van der Waals surface area (Å²) < 4.78 is 26.2. The zero-order valence-electron chi connectivity index (χ0n) is 23.7. The highest BCUT2D eigenvalue weighted by Crippen LogP contribution is 2.29. The van der Waals surface area contributed by atoms with E-state index in [0.717, 1.165) is 5.56 Å². The van der Waals surface area contributed by atoms with Crippen molar-refractivity contribution in [2.45, 2.75) is 71.2 Å². The third-order valence-corrected chi connectivity index (χ3v) is 5.89. The quantitative estimate of drug-likeness (QED) is 0.211. The van der Waals surface area contributed by atoms with Gasteiger partial charge in [0.05, 0.1) is 31.7 Å². The average Bonchev–Trinajstić information content (AvgIpc) is 3.49. The Bertz CT molecular complexity index is 977. The van der Waals surface area contributed by atoms with E-state index >= 15 is 0 Å². The molecule has 0 aromatic heterocycles. The summed E-state index contributed by atoms with van der Waals surface area (Å²) >= 11 is 14.4. The lowest BCUT2D eigenvalue weighted by Crippen LogP contribution is -2.40. The number of ether oxygens (including phenoxy) is 5. The molecule has 41 heavy (non-hydrogen) atoms. The summed E-state index contributed by atoms with van der Waals surface area (Å²) in [5.41, 5.74) is -0.820. The van der Waals surface area contributed by atoms with Crippen molar-refractivity contribution in [3.8, 4) is 0 Å². The molecule has 0 amide bonds. The molecule has 2 saturated heterocycles. The molecule has 0 saturated carbocycles. The van der Waals surface area contributed by atoms with E-state index < -0.39 is 16.2 Å². The number of carbonyl (C=O) groups is 4. The standard InChI is InChI=1S/C17H22O5.C10H16O5.BCl3/c1-13(2)16(19)21-12-17(9-8-15(18)22-17)11-20-10-14-6-4-3-5-7-14;1-7(2)9(13)14-6-10(5-11)4-3-8(12)15-10;2-1(3)4/h3-7,13H,8-12H2,1-2H3;7,11H,3-6H2,1-2H3;. The molecule has 2 aliphatic rings. The van der Waals surface area contributed by atoms with Gasteiger partial charge in [0.15, 0.2) is 11.2 Å². The van der Waals surface area contributed by atoms with Crippen molar-refractivity contribution in [3.05, 3.63) is 35.9 Å². The van der Waals surface area contributed by atoms with Crippen molar-refractivity contribution in [2.75, 3.05) is 26.4 Å². The maximum absolute atomic E-state index is 11.6. The van der Waals surface area contributed by atoms with Crippen LogP contribution in [0.15, 0.2) is 30.3 Å². The van der Waals surface area contributed by atoms with Crippen molar-refractivity contribution < 1.29 is 48.0 Å². The molecule has 2 aliphatic heterocycles. The highest BCUT2D eigenvalue weighted by molar-refractivity contribution is 7.54. The lowest BCUT2D eigenvalue weighted by atomic mass is 10.0. The van der Waals surface area contributed by atoms with Gasteiger partial charge in [0.1, 0.15) is 13.2 Å². The van der Waals surface area contributed by atoms with E-state index in [0.29, 0.717) is 25.9 Å². The van der Waals surface area contributed by atoms with E-state index in [1.807, 2.05) is 30.3 Å². The molecule has 230 valence electrons. The summed E-state index contributed by atoms with van der Waals surface area (Å²) in [4.78, 5) is 44.4. The molecule has 3 rings (SSSR count). The van der Waals surface area contributed by atoms with Crippen LogP contribution in [0.5, 0.6) is 0 Å². The number of aliphatic hydroxyl groups is 1. The molecule has 2 fully saturated rings. The zero-order valence-corrected chi connectivity index (χ0v) is 26.0. The van der Waals surface area contributed by atoms with Crippen LogP contribution in [-0.4, -0.2) is 71.6 Å². The van der Waals surface area contributed by atoms with Crippen LogP contribution in [0.25, 0.3) is 0 Å². The number of esters is 4. The monoisotopic (exact) mass is 638 g/mol. The zero-order chi connectivity index (χ0) is 31.1. The van der Waals surface area contributed by atoms with Gasteiger partial charge in [-0.3, -0.25) is 19.2 Å². The first-order valence-electron chi connectivity index (χ1n) is 13.1. The van der Waals surface area contributed by atoms with Gasteiger partial charge in [0.2, 0.25) is 0 Å². The Hall–Kier alpha value is -2.05. The number of cyclic esters (lactones) is 2. The summed E-state index contributed by atoms with van der Waals surface area (Å²) in [5.74, 6) is -1.72. The van der Waals surface area contributed by atoms with Gasteiger partial charge in [0, 0.05) is 25.7 Å². The smallest absolute Gasteiger partial charge is 0.450 e. The molecule has 2 atom stereocenters. The first kappa shape index (κ1) is 37.0. The van der Waals surface area contributed by atoms with Crippen molar-refractivity contribution in [1.82, 2.24) is 0 Å². The first-order valence-corrected chi connectivity index (χ1v) is 14.5. The number of halogens is 3. The fourth-order valence-electron chi connectivity index (χ4n) is 3.52. The maximum Gasteiger partial charge on any atom is 0.450 e. The highest BCUT2D eigenvalue weighted by atomic mass is 35.6. The minimum Gasteiger partial charge on any atom is -0.461 e. The van der Waals surface area contributed by atoms with Crippen LogP contribution < -0.4 is 0 Å². The summed E-state index contributed by atoms with van der Waals surface area (Å²) in [7, 11) is 0. The molecule has 0 aliphatic carbocycles. The Morgan fingerprint density at radius 1 is 0.854 bits per heavy atom. The van der Waals surface area contributed by atoms with Crippen LogP contribution in [0.4, 0.5) is 0 Å². The predicted molar refractivity (Wildman–Crippen MR) is 154 cm³/mol. The third-order valence-electron chi connectivity index (χ3n) is 5.89. The second kappa shape index (κ2) is 18.5. The van der Waals surface area contributed by atoms with E-state index in [4.69, 9.17) is 63.2 Å². The van der Waals surface area contributed by atoms with Crippen LogP contribution in [0.1, 0.15) is 58.9 Å². The Labute approximate surface area is 256 Å². The van der Waals surface area contributed by atoms with E-state index in [2.05, 4.69) is 0 Å². The van der Waals surface area contributed by atoms with Gasteiger partial charge in [-0.1, -0.05) is 58.0 Å². The van der Waals surface area contributed by atoms with Crippen LogP contribution in [0.3, 0.4) is 0 Å². The normalized spacial score (nSPS) is 21.2. The Morgan fingerprint density at radius 3 is 1.68 bits per heavy atom. The molecule has 0 bridgehead atoms. The molecule has 2 heterocycles. The molecule has 1 N–H and O–H groups in total. The molecule has 10 nitrogen and oxygen atoms in total. The molecule has 1 aromatic carbocycles. The summed E-state index contributed by atoms with van der Waals surface area (Å²) in [6.07, 6.45) is 1.49. The Kier molecular flexibility index (Phi) is 16.7. The number of rotatable bonds is 11. The number of carbonyl (C=O) groups excluding carboxylic acids is 4. The minimum atomic E-state index is -1.01. The lowest BCUT2D eigenvalue weighted by molar-refractivity contribution is -0.171. The molecule has 1 aromatic rings. The summed E-state index contributed by atoms with van der Waals surface area (Å²) in [6.45, 7) is 7.28. The third kappa shape index (κ3) is 14.6. The average molecular weight is 640 g/mol. The summed E-state index contributed by atoms with van der Waals surface area (Å²) in [6, 6.07) is 9.75. The van der Waals surface area contributed by atoms with E-state index in [9.17, 15) is 19.2 Å². The van der Waals surface area contributed by atoms with Crippen molar-refractivity contribution in [2.24, 2.45) is 11.8 Å². The van der Waals surface area contributed by atoms with E-state index in [-0.39, 0.29) is 68.6 Å². The second-order valence-corrected chi connectivity index (χ2v) is 12.2. The second-order valence-electron chi connectivity index (χ2n) is 10.2. The fourth-order valence-corrected chi connectivity index (χ4v) is 3.52. The molecule has 2 unspecified atom stereocenters. The molecular formula is C27H38BCl3O10. The van der Waals surface area contributed by atoms with Gasteiger partial charge in [-0.2, -0.15) is 34.4 Å². The first-order chi connectivity index (χ1) is 19.2. The fraction of sp³-hybridized carbons (Fsp3) is 0.630. The molecular weight excluding hydrogens is 601 g/mol. The topological polar surface area (TPSA) is 135 Å². The number of aliphatic hydroxyl groups excluding tert-OH is 1. The molecule has 14 heteroatoms. The van der Waals surface area contributed by atoms with Gasteiger partial charge in [-0.05, 0) is 5.56 Å². The Morgan fingerprint density at radius 2 is 1.29 bits per heavy atom. The van der Waals surface area contributed by atoms with Crippen molar-refractivity contribution in [3.63, 3.8) is 0 Å². The van der Waals surface area contributed by atoms with Gasteiger partial charge in [-0.15, -0.1) is 0 Å².